The van der Waals surface area contributed by atoms with Gasteiger partial charge in [-0.25, -0.2) is 17.8 Å². The highest BCUT2D eigenvalue weighted by atomic mass is 32.2. The van der Waals surface area contributed by atoms with E-state index in [2.05, 4.69) is 4.98 Å². The second-order valence-electron chi connectivity index (χ2n) is 6.04. The number of hydrogen-bond acceptors (Lipinski definition) is 6. The van der Waals surface area contributed by atoms with Gasteiger partial charge in [-0.05, 0) is 24.8 Å². The topological polar surface area (TPSA) is 123 Å². The number of hydrogen-bond donors (Lipinski definition) is 2. The van der Waals surface area contributed by atoms with Gasteiger partial charge in [-0.3, -0.25) is 4.79 Å². The number of aromatic nitrogens is 1. The summed E-state index contributed by atoms with van der Waals surface area (Å²) in [5, 5.41) is 8.82. The summed E-state index contributed by atoms with van der Waals surface area (Å²) in [6.07, 6.45) is 2.64. The zero-order chi connectivity index (χ0) is 19.2. The first kappa shape index (κ1) is 20.3. The van der Waals surface area contributed by atoms with E-state index >= 15 is 0 Å². The second kappa shape index (κ2) is 9.06. The second-order valence-corrected chi connectivity index (χ2v) is 7.98. The first-order valence-corrected chi connectivity index (χ1v) is 9.59. The molecule has 1 aromatic heterocycles. The lowest BCUT2D eigenvalue weighted by molar-refractivity contribution is -0.138. The van der Waals surface area contributed by atoms with Gasteiger partial charge in [0.05, 0.1) is 12.5 Å². The van der Waals surface area contributed by atoms with E-state index in [4.69, 9.17) is 15.6 Å². The molecule has 1 saturated heterocycles. The van der Waals surface area contributed by atoms with Gasteiger partial charge < -0.3 is 15.6 Å². The summed E-state index contributed by atoms with van der Waals surface area (Å²) >= 11 is 0. The van der Waals surface area contributed by atoms with Gasteiger partial charge in [0, 0.05) is 37.7 Å². The van der Waals surface area contributed by atoms with E-state index in [9.17, 15) is 17.6 Å². The third-order valence-electron chi connectivity index (χ3n) is 4.21. The van der Waals surface area contributed by atoms with Crippen LogP contribution < -0.4 is 10.5 Å². The molecule has 0 spiro atoms. The Morgan fingerprint density at radius 2 is 2.12 bits per heavy atom. The number of rotatable bonds is 8. The monoisotopic (exact) mass is 387 g/mol. The van der Waals surface area contributed by atoms with E-state index in [1.54, 1.807) is 0 Å². The maximum absolute atomic E-state index is 12.6. The number of nitrogens with zero attached hydrogens (tertiary/aromatic N) is 2. The van der Waals surface area contributed by atoms with Gasteiger partial charge in [-0.2, -0.15) is 4.31 Å². The Hall–Kier alpha value is -2.04. The number of sulfonamides is 1. The number of halogens is 1. The van der Waals surface area contributed by atoms with Crippen LogP contribution in [0.15, 0.2) is 35.1 Å². The fourth-order valence-electron chi connectivity index (χ4n) is 2.66. The highest BCUT2D eigenvalue weighted by molar-refractivity contribution is 7.89. The third-order valence-corrected chi connectivity index (χ3v) is 6.09. The van der Waals surface area contributed by atoms with Crippen LogP contribution in [0.5, 0.6) is 5.88 Å². The highest BCUT2D eigenvalue weighted by Gasteiger charge is 2.30. The van der Waals surface area contributed by atoms with Crippen molar-refractivity contribution in [2.75, 3.05) is 26.2 Å². The fraction of sp³-hybridized carbons (Fsp3) is 0.500. The van der Waals surface area contributed by atoms with Crippen LogP contribution >= 0.6 is 0 Å². The summed E-state index contributed by atoms with van der Waals surface area (Å²) in [6.45, 7) is 0.503. The van der Waals surface area contributed by atoms with Crippen molar-refractivity contribution in [2.45, 2.75) is 24.2 Å². The molecular weight excluding hydrogens is 365 g/mol. The van der Waals surface area contributed by atoms with Crippen LogP contribution in [-0.4, -0.2) is 55.0 Å². The van der Waals surface area contributed by atoms with Gasteiger partial charge in [-0.1, -0.05) is 0 Å². The summed E-state index contributed by atoms with van der Waals surface area (Å²) in [7, 11) is -3.69. The maximum Gasteiger partial charge on any atom is 0.303 e. The molecule has 1 aliphatic heterocycles. The predicted octanol–water partition coefficient (Wildman–Crippen LogP) is 1.15. The van der Waals surface area contributed by atoms with Crippen molar-refractivity contribution in [2.24, 2.45) is 11.7 Å². The number of carboxylic acid groups (broad SMARTS) is 1. The van der Waals surface area contributed by atoms with E-state index < -0.39 is 16.0 Å². The van der Waals surface area contributed by atoms with E-state index in [0.29, 0.717) is 19.2 Å². The van der Waals surface area contributed by atoms with Crippen molar-refractivity contribution >= 4 is 16.0 Å². The summed E-state index contributed by atoms with van der Waals surface area (Å²) in [5.74, 6) is -0.712. The largest absolute Gasteiger partial charge is 0.481 e. The molecule has 10 heteroatoms. The summed E-state index contributed by atoms with van der Waals surface area (Å²) in [5.41, 5.74) is 5.58. The van der Waals surface area contributed by atoms with Crippen molar-refractivity contribution < 1.29 is 27.4 Å². The number of ether oxygens (including phenoxy) is 1. The zero-order valence-corrected chi connectivity index (χ0v) is 15.0. The molecular formula is C16H22FN3O5S. The zero-order valence-electron chi connectivity index (χ0n) is 14.2. The van der Waals surface area contributed by atoms with Crippen LogP contribution in [0.25, 0.3) is 0 Å². The van der Waals surface area contributed by atoms with Crippen LogP contribution in [0.3, 0.4) is 0 Å². The molecule has 26 heavy (non-hydrogen) atoms. The van der Waals surface area contributed by atoms with Gasteiger partial charge in [0.25, 0.3) is 0 Å². The normalized spacial score (nSPS) is 17.2. The molecule has 0 amide bonds. The lowest BCUT2D eigenvalue weighted by Gasteiger charge is -2.30. The Morgan fingerprint density at radius 1 is 1.42 bits per heavy atom. The first-order chi connectivity index (χ1) is 12.4. The lowest BCUT2D eigenvalue weighted by Crippen LogP contribution is -2.38. The predicted molar refractivity (Wildman–Crippen MR) is 91.7 cm³/mol. The van der Waals surface area contributed by atoms with Gasteiger partial charge >= 0.3 is 5.97 Å². The van der Waals surface area contributed by atoms with Crippen molar-refractivity contribution in [1.29, 1.82) is 0 Å². The van der Waals surface area contributed by atoms with Crippen LogP contribution in [0.2, 0.25) is 0 Å². The Balaban J connectivity index is 1.98. The number of nitrogens with two attached hydrogens (primary N) is 1. The minimum Gasteiger partial charge on any atom is -0.481 e. The smallest absolute Gasteiger partial charge is 0.303 e. The standard InChI is InChI=1S/C16H22FN3O5S/c17-8-13(9-18)11-25-15-2-1-14(10-19-15)26(23,24)20-5-3-12(4-6-20)7-16(21)22/h1-2,8,10,12H,3-7,9,11,18H2,(H,21,22)/b13-8+. The number of carboxylic acids is 1. The molecule has 0 aliphatic carbocycles. The Morgan fingerprint density at radius 3 is 2.62 bits per heavy atom. The maximum atomic E-state index is 12.6. The molecule has 1 aromatic rings. The molecule has 3 N–H and O–H groups in total. The van der Waals surface area contributed by atoms with Crippen LogP contribution in [-0.2, 0) is 14.8 Å². The molecule has 2 rings (SSSR count). The van der Waals surface area contributed by atoms with Gasteiger partial charge in [0.1, 0.15) is 11.5 Å². The van der Waals surface area contributed by atoms with Crippen molar-refractivity contribution in [1.82, 2.24) is 9.29 Å². The number of pyridine rings is 1. The minimum atomic E-state index is -3.69. The van der Waals surface area contributed by atoms with Crippen LogP contribution in [0.4, 0.5) is 4.39 Å². The molecule has 0 saturated carbocycles. The summed E-state index contributed by atoms with van der Waals surface area (Å²) < 4.78 is 44.3. The third kappa shape index (κ3) is 5.23. The average Bonchev–Trinajstić information content (AvgIpc) is 2.63. The van der Waals surface area contributed by atoms with E-state index in [0.717, 1.165) is 0 Å². The minimum absolute atomic E-state index is 0.00634. The number of piperidine rings is 1. The Labute approximate surface area is 151 Å². The number of carbonyl (C=O) groups is 1. The molecule has 1 aliphatic rings. The van der Waals surface area contributed by atoms with Gasteiger partial charge in [0.2, 0.25) is 15.9 Å². The van der Waals surface area contributed by atoms with Crippen LogP contribution in [0, 0.1) is 5.92 Å². The van der Waals surface area contributed by atoms with Crippen molar-refractivity contribution in [3.63, 3.8) is 0 Å². The molecule has 0 bridgehead atoms. The molecule has 0 radical (unpaired) electrons. The van der Waals surface area contributed by atoms with Crippen molar-refractivity contribution in [3.8, 4) is 5.88 Å². The van der Waals surface area contributed by atoms with E-state index in [-0.39, 0.29) is 54.9 Å². The highest BCUT2D eigenvalue weighted by Crippen LogP contribution is 2.26. The molecule has 0 unspecified atom stereocenters. The van der Waals surface area contributed by atoms with E-state index in [1.165, 1.54) is 22.6 Å². The molecule has 144 valence electrons. The summed E-state index contributed by atoms with van der Waals surface area (Å²) in [6, 6.07) is 2.78. The van der Waals surface area contributed by atoms with Crippen LogP contribution in [0.1, 0.15) is 19.3 Å². The fourth-order valence-corrected chi connectivity index (χ4v) is 4.07. The molecule has 8 nitrogen and oxygen atoms in total. The summed E-state index contributed by atoms with van der Waals surface area (Å²) in [4.78, 5) is 14.7. The lowest BCUT2D eigenvalue weighted by atomic mass is 9.95. The molecule has 1 fully saturated rings. The number of aliphatic carboxylic acids is 1. The Kier molecular flexibility index (Phi) is 7.06. The van der Waals surface area contributed by atoms with E-state index in [1.807, 2.05) is 0 Å². The van der Waals surface area contributed by atoms with Crippen molar-refractivity contribution in [3.05, 3.63) is 30.2 Å². The van der Waals surface area contributed by atoms with Gasteiger partial charge in [-0.15, -0.1) is 0 Å². The molecule has 2 heterocycles. The molecule has 0 aromatic carbocycles. The average molecular weight is 387 g/mol. The van der Waals surface area contributed by atoms with Gasteiger partial charge in [0.15, 0.2) is 0 Å². The quantitative estimate of drug-likeness (QED) is 0.686. The first-order valence-electron chi connectivity index (χ1n) is 8.15. The molecule has 0 atom stereocenters. The Bertz CT molecular complexity index is 744. The SMILES string of the molecule is NC/C(=C\F)COc1ccc(S(=O)(=O)N2CCC(CC(=O)O)CC2)cn1.